The van der Waals surface area contributed by atoms with Gasteiger partial charge in [-0.25, -0.2) is 9.29 Å². The van der Waals surface area contributed by atoms with Crippen LogP contribution in [0.15, 0.2) is 84.6 Å². The maximum absolute atomic E-state index is 13.5. The summed E-state index contributed by atoms with van der Waals surface area (Å²) in [5.74, 6) is -1.33. The number of amides is 2. The molecule has 1 aliphatic rings. The molecule has 150 valence electrons. The largest absolute Gasteiger partial charge is 0.365 e. The summed E-state index contributed by atoms with van der Waals surface area (Å²) in [6, 6.07) is 21.8. The zero-order valence-corrected chi connectivity index (χ0v) is 16.9. The molecular formula is C24H18ClFN2O2. The standard InChI is InChI=1S/C24H18ClFN2O2/c1-27(15-16-6-3-2-4-7-16)22-21(17-10-12-19(26)13-11-17)23(29)28(24(22)30)20-9-5-8-18(25)14-20/h2-14H,15H2,1H3. The van der Waals surface area contributed by atoms with Gasteiger partial charge < -0.3 is 4.90 Å². The predicted molar refractivity (Wildman–Crippen MR) is 115 cm³/mol. The first-order valence-electron chi connectivity index (χ1n) is 9.35. The molecule has 1 heterocycles. The fourth-order valence-electron chi connectivity index (χ4n) is 3.54. The van der Waals surface area contributed by atoms with Gasteiger partial charge in [-0.15, -0.1) is 0 Å². The van der Waals surface area contributed by atoms with Gasteiger partial charge in [-0.3, -0.25) is 9.59 Å². The minimum atomic E-state index is -0.469. The Kier molecular flexibility index (Phi) is 5.38. The minimum absolute atomic E-state index is 0.235. The topological polar surface area (TPSA) is 40.6 Å². The number of imide groups is 1. The quantitative estimate of drug-likeness (QED) is 0.551. The first-order chi connectivity index (χ1) is 14.5. The molecule has 6 heteroatoms. The lowest BCUT2D eigenvalue weighted by molar-refractivity contribution is -0.120. The Morgan fingerprint density at radius 2 is 1.60 bits per heavy atom. The van der Waals surface area contributed by atoms with Crippen molar-refractivity contribution in [3.63, 3.8) is 0 Å². The van der Waals surface area contributed by atoms with Crippen LogP contribution in [0.3, 0.4) is 0 Å². The molecule has 3 aromatic carbocycles. The highest BCUT2D eigenvalue weighted by Gasteiger charge is 2.41. The van der Waals surface area contributed by atoms with Gasteiger partial charge in [0, 0.05) is 18.6 Å². The SMILES string of the molecule is CN(Cc1ccccc1)C1=C(c2ccc(F)cc2)C(=O)N(c2cccc(Cl)c2)C1=O. The van der Waals surface area contributed by atoms with Crippen molar-refractivity contribution in [3.05, 3.63) is 107 Å². The normalized spacial score (nSPS) is 13.9. The van der Waals surface area contributed by atoms with E-state index >= 15 is 0 Å². The van der Waals surface area contributed by atoms with Gasteiger partial charge in [0.2, 0.25) is 0 Å². The van der Waals surface area contributed by atoms with Crippen molar-refractivity contribution in [2.75, 3.05) is 11.9 Å². The molecule has 1 aliphatic heterocycles. The Bertz CT molecular complexity index is 1140. The van der Waals surface area contributed by atoms with Crippen molar-refractivity contribution in [1.82, 2.24) is 4.90 Å². The van der Waals surface area contributed by atoms with Crippen LogP contribution in [0.25, 0.3) is 5.57 Å². The van der Waals surface area contributed by atoms with E-state index in [-0.39, 0.29) is 11.3 Å². The summed E-state index contributed by atoms with van der Waals surface area (Å²) in [7, 11) is 1.76. The number of benzene rings is 3. The Balaban J connectivity index is 1.80. The monoisotopic (exact) mass is 420 g/mol. The molecule has 0 unspecified atom stereocenters. The van der Waals surface area contributed by atoms with Gasteiger partial charge in [-0.05, 0) is 41.5 Å². The molecule has 3 aromatic rings. The Morgan fingerprint density at radius 1 is 0.900 bits per heavy atom. The number of rotatable bonds is 5. The number of carbonyl (C=O) groups excluding carboxylic acids is 2. The third-order valence-corrected chi connectivity index (χ3v) is 5.14. The van der Waals surface area contributed by atoms with Crippen molar-refractivity contribution in [1.29, 1.82) is 0 Å². The lowest BCUT2D eigenvalue weighted by atomic mass is 10.0. The molecule has 0 aromatic heterocycles. The average Bonchev–Trinajstić information content (AvgIpc) is 2.99. The van der Waals surface area contributed by atoms with E-state index in [2.05, 4.69) is 0 Å². The molecule has 4 nitrogen and oxygen atoms in total. The van der Waals surface area contributed by atoms with E-state index in [1.165, 1.54) is 24.3 Å². The van der Waals surface area contributed by atoms with Gasteiger partial charge in [0.15, 0.2) is 0 Å². The summed E-state index contributed by atoms with van der Waals surface area (Å²) < 4.78 is 13.5. The van der Waals surface area contributed by atoms with Gasteiger partial charge >= 0.3 is 0 Å². The zero-order chi connectivity index (χ0) is 21.3. The van der Waals surface area contributed by atoms with Crippen LogP contribution in [0.4, 0.5) is 10.1 Å². The van der Waals surface area contributed by atoms with Crippen LogP contribution >= 0.6 is 11.6 Å². The molecule has 30 heavy (non-hydrogen) atoms. The number of likely N-dealkylation sites (N-methyl/N-ethyl adjacent to an activating group) is 1. The molecule has 0 spiro atoms. The molecule has 0 aliphatic carbocycles. The Hall–Kier alpha value is -3.44. The van der Waals surface area contributed by atoms with Crippen LogP contribution in [-0.2, 0) is 16.1 Å². The summed E-state index contributed by atoms with van der Waals surface area (Å²) >= 11 is 6.08. The van der Waals surface area contributed by atoms with Gasteiger partial charge in [0.25, 0.3) is 11.8 Å². The van der Waals surface area contributed by atoms with Crippen molar-refractivity contribution < 1.29 is 14.0 Å². The van der Waals surface area contributed by atoms with Crippen LogP contribution < -0.4 is 4.90 Å². The van der Waals surface area contributed by atoms with Crippen LogP contribution in [0.5, 0.6) is 0 Å². The van der Waals surface area contributed by atoms with E-state index in [0.717, 1.165) is 10.5 Å². The van der Waals surface area contributed by atoms with Gasteiger partial charge in [-0.1, -0.05) is 60.1 Å². The predicted octanol–water partition coefficient (Wildman–Crippen LogP) is 4.90. The third kappa shape index (κ3) is 3.72. The van der Waals surface area contributed by atoms with Gasteiger partial charge in [0.05, 0.1) is 11.3 Å². The summed E-state index contributed by atoms with van der Waals surface area (Å²) in [4.78, 5) is 29.6. The highest BCUT2D eigenvalue weighted by atomic mass is 35.5. The highest BCUT2D eigenvalue weighted by molar-refractivity contribution is 6.45. The maximum atomic E-state index is 13.5. The fourth-order valence-corrected chi connectivity index (χ4v) is 3.72. The van der Waals surface area contributed by atoms with Crippen molar-refractivity contribution in [2.24, 2.45) is 0 Å². The van der Waals surface area contributed by atoms with Crippen molar-refractivity contribution in [2.45, 2.75) is 6.54 Å². The van der Waals surface area contributed by atoms with E-state index in [0.29, 0.717) is 22.8 Å². The number of carbonyl (C=O) groups is 2. The van der Waals surface area contributed by atoms with E-state index in [1.807, 2.05) is 30.3 Å². The Morgan fingerprint density at radius 3 is 2.27 bits per heavy atom. The highest BCUT2D eigenvalue weighted by Crippen LogP contribution is 2.35. The van der Waals surface area contributed by atoms with E-state index in [9.17, 15) is 14.0 Å². The zero-order valence-electron chi connectivity index (χ0n) is 16.2. The van der Waals surface area contributed by atoms with Gasteiger partial charge in [0.1, 0.15) is 11.5 Å². The lowest BCUT2D eigenvalue weighted by Crippen LogP contribution is -2.34. The van der Waals surface area contributed by atoms with E-state index in [4.69, 9.17) is 11.6 Å². The molecule has 0 N–H and O–H groups in total. The minimum Gasteiger partial charge on any atom is -0.365 e. The van der Waals surface area contributed by atoms with Crippen molar-refractivity contribution in [3.8, 4) is 0 Å². The second kappa shape index (κ2) is 8.13. The second-order valence-corrected chi connectivity index (χ2v) is 7.43. The maximum Gasteiger partial charge on any atom is 0.282 e. The summed E-state index contributed by atoms with van der Waals surface area (Å²) in [6.45, 7) is 0.434. The lowest BCUT2D eigenvalue weighted by Gasteiger charge is -2.21. The summed E-state index contributed by atoms with van der Waals surface area (Å²) in [6.07, 6.45) is 0. The van der Waals surface area contributed by atoms with Crippen LogP contribution in [0.2, 0.25) is 5.02 Å². The number of hydrogen-bond acceptors (Lipinski definition) is 3. The van der Waals surface area contributed by atoms with Crippen LogP contribution in [-0.4, -0.2) is 23.8 Å². The van der Waals surface area contributed by atoms with E-state index < -0.39 is 17.6 Å². The summed E-state index contributed by atoms with van der Waals surface area (Å²) in [5, 5.41) is 0.419. The molecule has 4 rings (SSSR count). The molecule has 0 saturated carbocycles. The first-order valence-corrected chi connectivity index (χ1v) is 9.73. The number of hydrogen-bond donors (Lipinski definition) is 0. The number of anilines is 1. The second-order valence-electron chi connectivity index (χ2n) is 7.00. The third-order valence-electron chi connectivity index (χ3n) is 4.90. The molecule has 2 amide bonds. The molecule has 0 fully saturated rings. The fraction of sp³-hybridized carbons (Fsp3) is 0.0833. The molecule has 0 saturated heterocycles. The first kappa shape index (κ1) is 19.9. The van der Waals surface area contributed by atoms with Crippen LogP contribution in [0, 0.1) is 5.82 Å². The van der Waals surface area contributed by atoms with Crippen LogP contribution in [0.1, 0.15) is 11.1 Å². The van der Waals surface area contributed by atoms with E-state index in [1.54, 1.807) is 36.2 Å². The summed E-state index contributed by atoms with van der Waals surface area (Å²) in [5.41, 5.74) is 2.36. The Labute approximate surface area is 178 Å². The average molecular weight is 421 g/mol. The van der Waals surface area contributed by atoms with Crippen molar-refractivity contribution >= 4 is 34.7 Å². The molecule has 0 radical (unpaired) electrons. The molecular weight excluding hydrogens is 403 g/mol. The number of nitrogens with zero attached hydrogens (tertiary/aromatic N) is 2. The smallest absolute Gasteiger partial charge is 0.282 e. The van der Waals surface area contributed by atoms with Gasteiger partial charge in [-0.2, -0.15) is 0 Å². The molecule has 0 atom stereocenters. The molecule has 0 bridgehead atoms. The number of halogens is 2.